The van der Waals surface area contributed by atoms with Crippen molar-refractivity contribution in [1.29, 1.82) is 0 Å². The van der Waals surface area contributed by atoms with Crippen molar-refractivity contribution in [1.82, 2.24) is 15.4 Å². The number of nitrogens with zero attached hydrogens (tertiary/aromatic N) is 2. The number of ether oxygens (including phenoxy) is 1. The number of aromatic nitrogens is 2. The lowest BCUT2D eigenvalue weighted by Crippen LogP contribution is -2.30. The summed E-state index contributed by atoms with van der Waals surface area (Å²) in [6.45, 7) is -2.92. The summed E-state index contributed by atoms with van der Waals surface area (Å²) in [4.78, 5) is 19.0. The van der Waals surface area contributed by atoms with E-state index in [4.69, 9.17) is 5.84 Å². The summed E-state index contributed by atoms with van der Waals surface area (Å²) in [7, 11) is 0. The molecule has 2 rings (SSSR count). The van der Waals surface area contributed by atoms with Gasteiger partial charge in [0.25, 0.3) is 5.91 Å². The number of alkyl halides is 2. The predicted octanol–water partition coefficient (Wildman–Crippen LogP) is 1.35. The zero-order valence-electron chi connectivity index (χ0n) is 10.1. The van der Waals surface area contributed by atoms with E-state index in [-0.39, 0.29) is 11.4 Å². The molecule has 8 heteroatoms. The van der Waals surface area contributed by atoms with E-state index in [1.54, 1.807) is 6.07 Å². The standard InChI is InChI=1S/C12H10F2N4O2/c13-12(14)20-10-2-1-7(6-17-10)8-3-9(5-16-4-8)11(19)18-15/h1-6,12H,15H2,(H,18,19). The van der Waals surface area contributed by atoms with Gasteiger partial charge in [0.05, 0.1) is 5.56 Å². The molecular formula is C12H10F2N4O2. The molecule has 20 heavy (non-hydrogen) atoms. The van der Waals surface area contributed by atoms with Gasteiger partial charge in [0.15, 0.2) is 0 Å². The maximum absolute atomic E-state index is 12.0. The van der Waals surface area contributed by atoms with Gasteiger partial charge in [0.1, 0.15) is 0 Å². The molecule has 0 saturated heterocycles. The fourth-order valence-electron chi connectivity index (χ4n) is 1.52. The maximum atomic E-state index is 12.0. The minimum Gasteiger partial charge on any atom is -0.417 e. The first kappa shape index (κ1) is 13.8. The number of rotatable bonds is 4. The van der Waals surface area contributed by atoms with Crippen LogP contribution in [0.2, 0.25) is 0 Å². The second-order valence-corrected chi connectivity index (χ2v) is 3.70. The van der Waals surface area contributed by atoms with Gasteiger partial charge in [0, 0.05) is 35.8 Å². The van der Waals surface area contributed by atoms with Gasteiger partial charge in [-0.3, -0.25) is 15.2 Å². The number of carbonyl (C=O) groups excluding carboxylic acids is 1. The number of nitrogen functional groups attached to an aromatic ring is 1. The van der Waals surface area contributed by atoms with Crippen molar-refractivity contribution in [2.45, 2.75) is 6.61 Å². The predicted molar refractivity (Wildman–Crippen MR) is 65.8 cm³/mol. The molecule has 6 nitrogen and oxygen atoms in total. The molecule has 3 N–H and O–H groups in total. The number of nitrogens with one attached hydrogen (secondary N) is 1. The zero-order chi connectivity index (χ0) is 14.5. The Morgan fingerprint density at radius 1 is 1.25 bits per heavy atom. The SMILES string of the molecule is NNC(=O)c1cncc(-c2ccc(OC(F)F)nc2)c1. The Balaban J connectivity index is 2.25. The lowest BCUT2D eigenvalue weighted by Gasteiger charge is -2.06. The van der Waals surface area contributed by atoms with Crippen molar-refractivity contribution in [3.05, 3.63) is 42.4 Å². The van der Waals surface area contributed by atoms with Gasteiger partial charge < -0.3 is 4.74 Å². The summed E-state index contributed by atoms with van der Waals surface area (Å²) in [6, 6.07) is 4.39. The number of amides is 1. The molecule has 0 saturated carbocycles. The minimum atomic E-state index is -2.92. The van der Waals surface area contributed by atoms with Gasteiger partial charge in [-0.05, 0) is 12.1 Å². The lowest BCUT2D eigenvalue weighted by atomic mass is 10.1. The summed E-state index contributed by atoms with van der Waals surface area (Å²) in [5, 5.41) is 0. The Morgan fingerprint density at radius 2 is 2.05 bits per heavy atom. The number of nitrogens with two attached hydrogens (primary N) is 1. The van der Waals surface area contributed by atoms with Crippen LogP contribution in [0.25, 0.3) is 11.1 Å². The number of pyridine rings is 2. The highest BCUT2D eigenvalue weighted by atomic mass is 19.3. The average Bonchev–Trinajstić information content (AvgIpc) is 2.47. The van der Waals surface area contributed by atoms with Crippen LogP contribution in [0.15, 0.2) is 36.8 Å². The van der Waals surface area contributed by atoms with Crippen molar-refractivity contribution in [2.24, 2.45) is 5.84 Å². The topological polar surface area (TPSA) is 90.1 Å². The molecule has 104 valence electrons. The van der Waals surface area contributed by atoms with Gasteiger partial charge in [0.2, 0.25) is 5.88 Å². The molecule has 1 amide bonds. The van der Waals surface area contributed by atoms with Crippen molar-refractivity contribution >= 4 is 5.91 Å². The van der Waals surface area contributed by atoms with Crippen LogP contribution in [-0.2, 0) is 0 Å². The number of hydrogen-bond acceptors (Lipinski definition) is 5. The number of halogens is 2. The Kier molecular flexibility index (Phi) is 4.16. The maximum Gasteiger partial charge on any atom is 0.388 e. The van der Waals surface area contributed by atoms with Crippen LogP contribution in [0.4, 0.5) is 8.78 Å². The Bertz CT molecular complexity index is 605. The quantitative estimate of drug-likeness (QED) is 0.501. The molecule has 2 aromatic heterocycles. The van der Waals surface area contributed by atoms with E-state index in [1.807, 2.05) is 5.43 Å². The van der Waals surface area contributed by atoms with E-state index in [0.717, 1.165) is 0 Å². The van der Waals surface area contributed by atoms with Gasteiger partial charge in [-0.15, -0.1) is 0 Å². The molecule has 2 aromatic rings. The third-order valence-corrected chi connectivity index (χ3v) is 2.41. The second kappa shape index (κ2) is 6.02. The molecule has 0 atom stereocenters. The first-order chi connectivity index (χ1) is 9.60. The Morgan fingerprint density at radius 3 is 2.65 bits per heavy atom. The van der Waals surface area contributed by atoms with Crippen molar-refractivity contribution in [3.63, 3.8) is 0 Å². The molecular weight excluding hydrogens is 270 g/mol. The third-order valence-electron chi connectivity index (χ3n) is 2.41. The molecule has 2 heterocycles. The smallest absolute Gasteiger partial charge is 0.388 e. The van der Waals surface area contributed by atoms with Crippen molar-refractivity contribution < 1.29 is 18.3 Å². The van der Waals surface area contributed by atoms with Gasteiger partial charge in [-0.2, -0.15) is 8.78 Å². The summed E-state index contributed by atoms with van der Waals surface area (Å²) in [6.07, 6.45) is 4.21. The first-order valence-corrected chi connectivity index (χ1v) is 5.47. The Labute approximate surface area is 112 Å². The minimum absolute atomic E-state index is 0.187. The largest absolute Gasteiger partial charge is 0.417 e. The van der Waals surface area contributed by atoms with Crippen LogP contribution in [-0.4, -0.2) is 22.5 Å². The highest BCUT2D eigenvalue weighted by Crippen LogP contribution is 2.21. The van der Waals surface area contributed by atoms with Gasteiger partial charge in [-0.25, -0.2) is 10.8 Å². The van der Waals surface area contributed by atoms with Crippen LogP contribution in [0, 0.1) is 0 Å². The number of carbonyl (C=O) groups is 1. The fraction of sp³-hybridized carbons (Fsp3) is 0.0833. The molecule has 0 aromatic carbocycles. The van der Waals surface area contributed by atoms with Crippen LogP contribution < -0.4 is 16.0 Å². The molecule has 0 radical (unpaired) electrons. The molecule has 0 aliphatic rings. The molecule has 0 aliphatic heterocycles. The van der Waals surface area contributed by atoms with E-state index in [2.05, 4.69) is 14.7 Å². The van der Waals surface area contributed by atoms with Crippen LogP contribution >= 0.6 is 0 Å². The summed E-state index contributed by atoms with van der Waals surface area (Å²) >= 11 is 0. The normalized spacial score (nSPS) is 10.4. The Hall–Kier alpha value is -2.61. The number of hydrazine groups is 1. The molecule has 0 fully saturated rings. The van der Waals surface area contributed by atoms with Crippen molar-refractivity contribution in [3.8, 4) is 17.0 Å². The third kappa shape index (κ3) is 3.23. The zero-order valence-corrected chi connectivity index (χ0v) is 10.1. The summed E-state index contributed by atoms with van der Waals surface area (Å²) < 4.78 is 28.1. The fourth-order valence-corrected chi connectivity index (χ4v) is 1.52. The highest BCUT2D eigenvalue weighted by Gasteiger charge is 2.08. The molecule has 0 aliphatic carbocycles. The molecule has 0 unspecified atom stereocenters. The summed E-state index contributed by atoms with van der Waals surface area (Å²) in [5.74, 6) is 4.36. The lowest BCUT2D eigenvalue weighted by molar-refractivity contribution is -0.0528. The average molecular weight is 280 g/mol. The van der Waals surface area contributed by atoms with Crippen LogP contribution in [0.1, 0.15) is 10.4 Å². The molecule has 0 spiro atoms. The second-order valence-electron chi connectivity index (χ2n) is 3.70. The number of hydrogen-bond donors (Lipinski definition) is 2. The molecule has 0 bridgehead atoms. The van der Waals surface area contributed by atoms with E-state index < -0.39 is 12.5 Å². The van der Waals surface area contributed by atoms with E-state index in [0.29, 0.717) is 11.1 Å². The van der Waals surface area contributed by atoms with Crippen molar-refractivity contribution in [2.75, 3.05) is 0 Å². The summed E-state index contributed by atoms with van der Waals surface area (Å²) in [5.41, 5.74) is 3.47. The van der Waals surface area contributed by atoms with E-state index >= 15 is 0 Å². The van der Waals surface area contributed by atoms with E-state index in [9.17, 15) is 13.6 Å². The van der Waals surface area contributed by atoms with Crippen LogP contribution in [0.3, 0.4) is 0 Å². The first-order valence-electron chi connectivity index (χ1n) is 5.47. The van der Waals surface area contributed by atoms with Crippen LogP contribution in [0.5, 0.6) is 5.88 Å². The highest BCUT2D eigenvalue weighted by molar-refractivity contribution is 5.94. The van der Waals surface area contributed by atoms with E-state index in [1.165, 1.54) is 30.7 Å². The van der Waals surface area contributed by atoms with Gasteiger partial charge in [-0.1, -0.05) is 0 Å². The monoisotopic (exact) mass is 280 g/mol. The van der Waals surface area contributed by atoms with Gasteiger partial charge >= 0.3 is 6.61 Å².